The standard InChI is InChI=1S/C16H25NO3/c1-6-7-15(16(19)20)8-13(4)10-17(9-12(2)3)11-14(5)18/h6-8,12H,1,9-11H2,2-5H3,(H,19,20)/b13-8+,15-7+. The van der Waals surface area contributed by atoms with Crippen molar-refractivity contribution in [3.8, 4) is 0 Å². The van der Waals surface area contributed by atoms with Gasteiger partial charge >= 0.3 is 5.97 Å². The van der Waals surface area contributed by atoms with Crippen molar-refractivity contribution in [1.82, 2.24) is 4.90 Å². The van der Waals surface area contributed by atoms with E-state index in [0.29, 0.717) is 19.0 Å². The maximum atomic E-state index is 11.3. The van der Waals surface area contributed by atoms with Crippen molar-refractivity contribution in [2.45, 2.75) is 27.7 Å². The van der Waals surface area contributed by atoms with E-state index in [2.05, 4.69) is 20.4 Å². The van der Waals surface area contributed by atoms with Crippen molar-refractivity contribution >= 4 is 11.8 Å². The first-order valence-electron chi connectivity index (χ1n) is 6.71. The van der Waals surface area contributed by atoms with Crippen LogP contribution < -0.4 is 0 Å². The molecule has 0 amide bonds. The molecule has 0 aliphatic heterocycles. The summed E-state index contributed by atoms with van der Waals surface area (Å²) in [6.45, 7) is 12.9. The molecule has 0 aromatic heterocycles. The van der Waals surface area contributed by atoms with Crippen molar-refractivity contribution in [2.24, 2.45) is 5.92 Å². The van der Waals surface area contributed by atoms with Crippen molar-refractivity contribution in [1.29, 1.82) is 0 Å². The molecule has 0 heterocycles. The zero-order valence-electron chi connectivity index (χ0n) is 12.8. The highest BCUT2D eigenvalue weighted by molar-refractivity contribution is 5.90. The Kier molecular flexibility index (Phi) is 8.48. The van der Waals surface area contributed by atoms with Gasteiger partial charge in [0.1, 0.15) is 5.78 Å². The Morgan fingerprint density at radius 1 is 1.25 bits per heavy atom. The van der Waals surface area contributed by atoms with Crippen LogP contribution in [0.1, 0.15) is 27.7 Å². The van der Waals surface area contributed by atoms with Crippen LogP contribution in [-0.2, 0) is 9.59 Å². The smallest absolute Gasteiger partial charge is 0.335 e. The van der Waals surface area contributed by atoms with Crippen LogP contribution in [0.2, 0.25) is 0 Å². The Labute approximate surface area is 121 Å². The van der Waals surface area contributed by atoms with E-state index in [4.69, 9.17) is 5.11 Å². The van der Waals surface area contributed by atoms with Crippen LogP contribution in [0.3, 0.4) is 0 Å². The molecular weight excluding hydrogens is 254 g/mol. The third-order valence-corrected chi connectivity index (χ3v) is 2.49. The summed E-state index contributed by atoms with van der Waals surface area (Å²) in [6, 6.07) is 0. The largest absolute Gasteiger partial charge is 0.478 e. The first-order valence-corrected chi connectivity index (χ1v) is 6.71. The lowest BCUT2D eigenvalue weighted by Gasteiger charge is -2.23. The molecule has 4 heteroatoms. The molecular formula is C16H25NO3. The van der Waals surface area contributed by atoms with Crippen LogP contribution in [0.4, 0.5) is 0 Å². The summed E-state index contributed by atoms with van der Waals surface area (Å²) in [4.78, 5) is 24.3. The van der Waals surface area contributed by atoms with Crippen LogP contribution in [0.5, 0.6) is 0 Å². The molecule has 0 rings (SSSR count). The van der Waals surface area contributed by atoms with E-state index < -0.39 is 5.97 Å². The lowest BCUT2D eigenvalue weighted by atomic mass is 10.1. The van der Waals surface area contributed by atoms with Gasteiger partial charge in [0.25, 0.3) is 0 Å². The normalized spacial score (nSPS) is 12.9. The first-order chi connectivity index (χ1) is 9.26. The van der Waals surface area contributed by atoms with Gasteiger partial charge in [0.05, 0.1) is 12.1 Å². The molecule has 4 nitrogen and oxygen atoms in total. The second-order valence-electron chi connectivity index (χ2n) is 5.42. The van der Waals surface area contributed by atoms with Gasteiger partial charge in [-0.3, -0.25) is 9.69 Å². The van der Waals surface area contributed by atoms with Crippen LogP contribution in [0.15, 0.2) is 36.0 Å². The Morgan fingerprint density at radius 3 is 2.25 bits per heavy atom. The minimum Gasteiger partial charge on any atom is -0.478 e. The predicted octanol–water partition coefficient (Wildman–Crippen LogP) is 2.68. The molecule has 0 saturated carbocycles. The molecule has 0 unspecified atom stereocenters. The number of carbonyl (C=O) groups is 2. The molecule has 0 saturated heterocycles. The van der Waals surface area contributed by atoms with Gasteiger partial charge in [-0.2, -0.15) is 0 Å². The van der Waals surface area contributed by atoms with Gasteiger partial charge in [0, 0.05) is 13.1 Å². The number of Topliss-reactive ketones (excluding diaryl/α,β-unsaturated/α-hetero) is 1. The highest BCUT2D eigenvalue weighted by atomic mass is 16.4. The Morgan fingerprint density at radius 2 is 1.85 bits per heavy atom. The number of hydrogen-bond acceptors (Lipinski definition) is 3. The fourth-order valence-corrected chi connectivity index (χ4v) is 1.99. The summed E-state index contributed by atoms with van der Waals surface area (Å²) in [5, 5.41) is 9.05. The zero-order chi connectivity index (χ0) is 15.7. The number of carboxylic acid groups (broad SMARTS) is 1. The fraction of sp³-hybridized carbons (Fsp3) is 0.500. The molecule has 20 heavy (non-hydrogen) atoms. The molecule has 0 radical (unpaired) electrons. The van der Waals surface area contributed by atoms with Gasteiger partial charge in [-0.25, -0.2) is 4.79 Å². The van der Waals surface area contributed by atoms with E-state index in [-0.39, 0.29) is 11.4 Å². The number of allylic oxidation sites excluding steroid dienone is 2. The zero-order valence-corrected chi connectivity index (χ0v) is 12.8. The summed E-state index contributed by atoms with van der Waals surface area (Å²) in [7, 11) is 0. The van der Waals surface area contributed by atoms with Crippen LogP contribution >= 0.6 is 0 Å². The highest BCUT2D eigenvalue weighted by Crippen LogP contribution is 2.08. The van der Waals surface area contributed by atoms with Gasteiger partial charge in [-0.1, -0.05) is 32.1 Å². The van der Waals surface area contributed by atoms with Crippen LogP contribution in [-0.4, -0.2) is 41.4 Å². The average Bonchev–Trinajstić information content (AvgIpc) is 2.25. The van der Waals surface area contributed by atoms with E-state index in [0.717, 1.165) is 12.1 Å². The molecule has 0 bridgehead atoms. The number of carboxylic acids is 1. The van der Waals surface area contributed by atoms with E-state index >= 15 is 0 Å². The second-order valence-corrected chi connectivity index (χ2v) is 5.42. The lowest BCUT2D eigenvalue weighted by molar-refractivity contribution is -0.132. The maximum absolute atomic E-state index is 11.3. The van der Waals surface area contributed by atoms with Gasteiger partial charge in [0.2, 0.25) is 0 Å². The Balaban J connectivity index is 4.92. The number of hydrogen-bond donors (Lipinski definition) is 1. The number of rotatable bonds is 9. The quantitative estimate of drug-likeness (QED) is 0.521. The molecule has 0 atom stereocenters. The molecule has 0 aliphatic rings. The van der Waals surface area contributed by atoms with Crippen LogP contribution in [0.25, 0.3) is 0 Å². The summed E-state index contributed by atoms with van der Waals surface area (Å²) in [5.41, 5.74) is 1.10. The third kappa shape index (κ3) is 8.43. The van der Waals surface area contributed by atoms with Gasteiger partial charge < -0.3 is 5.11 Å². The second kappa shape index (κ2) is 9.26. The minimum atomic E-state index is -0.980. The van der Waals surface area contributed by atoms with Gasteiger partial charge in [-0.05, 0) is 31.9 Å². The van der Waals surface area contributed by atoms with Gasteiger partial charge in [0.15, 0.2) is 0 Å². The monoisotopic (exact) mass is 279 g/mol. The summed E-state index contributed by atoms with van der Waals surface area (Å²) < 4.78 is 0. The molecule has 0 aromatic carbocycles. The average molecular weight is 279 g/mol. The molecule has 0 fully saturated rings. The first kappa shape index (κ1) is 18.3. The number of carbonyl (C=O) groups excluding carboxylic acids is 1. The Hall–Kier alpha value is -1.68. The lowest BCUT2D eigenvalue weighted by Crippen LogP contribution is -2.33. The molecule has 0 aliphatic carbocycles. The summed E-state index contributed by atoms with van der Waals surface area (Å²) >= 11 is 0. The molecule has 0 aromatic rings. The number of aliphatic carboxylic acids is 1. The molecule has 0 spiro atoms. The van der Waals surface area contributed by atoms with Crippen molar-refractivity contribution in [3.05, 3.63) is 36.0 Å². The summed E-state index contributed by atoms with van der Waals surface area (Å²) in [6.07, 6.45) is 4.54. The van der Waals surface area contributed by atoms with E-state index in [9.17, 15) is 9.59 Å². The molecule has 1 N–H and O–H groups in total. The SMILES string of the molecule is C=C/C=C(\C=C(/C)CN(CC(C)=O)CC(C)C)C(=O)O. The van der Waals surface area contributed by atoms with E-state index in [1.54, 1.807) is 13.0 Å². The number of ketones is 1. The topological polar surface area (TPSA) is 57.6 Å². The minimum absolute atomic E-state index is 0.110. The maximum Gasteiger partial charge on any atom is 0.335 e. The van der Waals surface area contributed by atoms with Gasteiger partial charge in [-0.15, -0.1) is 0 Å². The van der Waals surface area contributed by atoms with E-state index in [1.165, 1.54) is 12.2 Å². The Bertz CT molecular complexity index is 419. The van der Waals surface area contributed by atoms with Crippen molar-refractivity contribution in [2.75, 3.05) is 19.6 Å². The highest BCUT2D eigenvalue weighted by Gasteiger charge is 2.11. The fourth-order valence-electron chi connectivity index (χ4n) is 1.99. The van der Waals surface area contributed by atoms with E-state index in [1.807, 2.05) is 11.8 Å². The van der Waals surface area contributed by atoms with Crippen molar-refractivity contribution < 1.29 is 14.7 Å². The predicted molar refractivity (Wildman–Crippen MR) is 81.6 cm³/mol. The molecule has 112 valence electrons. The van der Waals surface area contributed by atoms with Crippen molar-refractivity contribution in [3.63, 3.8) is 0 Å². The number of nitrogens with zero attached hydrogens (tertiary/aromatic N) is 1. The third-order valence-electron chi connectivity index (χ3n) is 2.49. The summed E-state index contributed by atoms with van der Waals surface area (Å²) in [5.74, 6) is -0.422. The van der Waals surface area contributed by atoms with Crippen LogP contribution in [0, 0.1) is 5.92 Å².